The van der Waals surface area contributed by atoms with E-state index >= 15 is 0 Å². The molecule has 0 aliphatic rings. The molecule has 0 spiro atoms. The van der Waals surface area contributed by atoms with Gasteiger partial charge in [0.05, 0.1) is 16.8 Å². The smallest absolute Gasteiger partial charge is 0.216 e. The lowest BCUT2D eigenvalue weighted by Gasteiger charge is -2.03. The van der Waals surface area contributed by atoms with Crippen LogP contribution in [-0.4, -0.2) is 15.6 Å². The fourth-order valence-corrected chi connectivity index (χ4v) is 2.04. The monoisotopic (exact) mass is 252 g/mol. The molecular formula is C12H13ClN2O2. The summed E-state index contributed by atoms with van der Waals surface area (Å²) in [5, 5.41) is 4.42. The van der Waals surface area contributed by atoms with Gasteiger partial charge in [0.1, 0.15) is 17.2 Å². The molecule has 0 aliphatic carbocycles. The van der Waals surface area contributed by atoms with Crippen molar-refractivity contribution >= 4 is 17.4 Å². The second kappa shape index (κ2) is 4.37. The van der Waals surface area contributed by atoms with Crippen LogP contribution in [0.2, 0.25) is 5.02 Å². The van der Waals surface area contributed by atoms with Gasteiger partial charge in [-0.15, -0.1) is 0 Å². The molecule has 2 aromatic heterocycles. The van der Waals surface area contributed by atoms with Crippen molar-refractivity contribution in [2.75, 3.05) is 0 Å². The van der Waals surface area contributed by atoms with E-state index in [1.807, 2.05) is 13.8 Å². The maximum atomic E-state index is 12.3. The number of aromatic nitrogens is 2. The number of aryl methyl sites for hydroxylation is 3. The van der Waals surface area contributed by atoms with Crippen LogP contribution in [0.3, 0.4) is 0 Å². The van der Waals surface area contributed by atoms with E-state index in [0.717, 1.165) is 0 Å². The number of hydrogen-bond donors (Lipinski definition) is 0. The zero-order valence-corrected chi connectivity index (χ0v) is 10.7. The van der Waals surface area contributed by atoms with Gasteiger partial charge in [-0.25, -0.2) is 0 Å². The molecule has 5 heteroatoms. The van der Waals surface area contributed by atoms with Crippen LogP contribution < -0.4 is 0 Å². The third kappa shape index (κ3) is 2.00. The second-order valence-corrected chi connectivity index (χ2v) is 4.22. The fourth-order valence-electron chi connectivity index (χ4n) is 1.81. The first kappa shape index (κ1) is 11.9. The lowest BCUT2D eigenvalue weighted by Crippen LogP contribution is -2.11. The van der Waals surface area contributed by atoms with Crippen LogP contribution in [-0.2, 0) is 6.54 Å². The van der Waals surface area contributed by atoms with Crippen molar-refractivity contribution in [1.82, 2.24) is 9.78 Å². The summed E-state index contributed by atoms with van der Waals surface area (Å²) in [5.74, 6) is 1.17. The lowest BCUT2D eigenvalue weighted by atomic mass is 10.1. The highest BCUT2D eigenvalue weighted by molar-refractivity contribution is 6.34. The molecule has 0 radical (unpaired) electrons. The quantitative estimate of drug-likeness (QED) is 0.789. The zero-order valence-electron chi connectivity index (χ0n) is 9.95. The number of hydrogen-bond acceptors (Lipinski definition) is 3. The fraction of sp³-hybridized carbons (Fsp3) is 0.333. The van der Waals surface area contributed by atoms with Gasteiger partial charge in [-0.05, 0) is 26.8 Å². The van der Waals surface area contributed by atoms with Crippen molar-refractivity contribution in [3.63, 3.8) is 0 Å². The summed E-state index contributed by atoms with van der Waals surface area (Å²) in [5.41, 5.74) is 0.956. The molecule has 0 bridgehead atoms. The highest BCUT2D eigenvalue weighted by Gasteiger charge is 2.22. The Bertz CT molecular complexity index is 569. The molecule has 0 amide bonds. The van der Waals surface area contributed by atoms with E-state index in [2.05, 4.69) is 5.10 Å². The standard InChI is InChI=1S/C12H13ClN2O2/c1-4-15-11(10(13)6-14-15)12(16)9-5-7(2)17-8(9)3/h5-6H,4H2,1-3H3. The first-order valence-electron chi connectivity index (χ1n) is 5.37. The Morgan fingerprint density at radius 1 is 1.53 bits per heavy atom. The number of halogens is 1. The van der Waals surface area contributed by atoms with Gasteiger partial charge in [0.2, 0.25) is 5.78 Å². The molecule has 4 nitrogen and oxygen atoms in total. The minimum Gasteiger partial charge on any atom is -0.466 e. The minimum atomic E-state index is -0.149. The van der Waals surface area contributed by atoms with Gasteiger partial charge in [-0.1, -0.05) is 11.6 Å². The van der Waals surface area contributed by atoms with Crippen LogP contribution >= 0.6 is 11.6 Å². The van der Waals surface area contributed by atoms with Crippen LogP contribution in [0.4, 0.5) is 0 Å². The molecule has 0 saturated heterocycles. The van der Waals surface area contributed by atoms with E-state index in [1.54, 1.807) is 17.7 Å². The van der Waals surface area contributed by atoms with Crippen LogP contribution in [0.25, 0.3) is 0 Å². The molecule has 2 rings (SSSR count). The van der Waals surface area contributed by atoms with Gasteiger partial charge in [0, 0.05) is 6.54 Å². The average molecular weight is 253 g/mol. The Kier molecular flexibility index (Phi) is 3.07. The Morgan fingerprint density at radius 2 is 2.24 bits per heavy atom. The molecule has 90 valence electrons. The highest BCUT2D eigenvalue weighted by Crippen LogP contribution is 2.22. The predicted octanol–water partition coefficient (Wildman–Crippen LogP) is 3.00. The first-order chi connectivity index (χ1) is 8.04. The Balaban J connectivity index is 2.50. The van der Waals surface area contributed by atoms with Crippen LogP contribution in [0, 0.1) is 13.8 Å². The van der Waals surface area contributed by atoms with Crippen molar-refractivity contribution < 1.29 is 9.21 Å². The molecule has 17 heavy (non-hydrogen) atoms. The number of ketones is 1. The first-order valence-corrected chi connectivity index (χ1v) is 5.75. The van der Waals surface area contributed by atoms with Gasteiger partial charge < -0.3 is 4.42 Å². The minimum absolute atomic E-state index is 0.149. The van der Waals surface area contributed by atoms with Gasteiger partial charge in [0.15, 0.2) is 0 Å². The van der Waals surface area contributed by atoms with Gasteiger partial charge in [0.25, 0.3) is 0 Å². The maximum Gasteiger partial charge on any atom is 0.216 e. The molecule has 0 aliphatic heterocycles. The molecule has 0 saturated carbocycles. The van der Waals surface area contributed by atoms with E-state index in [4.69, 9.17) is 16.0 Å². The number of rotatable bonds is 3. The largest absolute Gasteiger partial charge is 0.466 e. The molecule has 0 atom stereocenters. The molecular weight excluding hydrogens is 240 g/mol. The predicted molar refractivity (Wildman–Crippen MR) is 64.5 cm³/mol. The zero-order chi connectivity index (χ0) is 12.6. The molecule has 0 N–H and O–H groups in total. The van der Waals surface area contributed by atoms with E-state index in [1.165, 1.54) is 6.20 Å². The van der Waals surface area contributed by atoms with Gasteiger partial charge >= 0.3 is 0 Å². The van der Waals surface area contributed by atoms with Crippen molar-refractivity contribution in [3.05, 3.63) is 40.1 Å². The van der Waals surface area contributed by atoms with Gasteiger partial charge in [-0.3, -0.25) is 9.48 Å². The summed E-state index contributed by atoms with van der Waals surface area (Å²) in [6.45, 7) is 6.08. The Hall–Kier alpha value is -1.55. The summed E-state index contributed by atoms with van der Waals surface area (Å²) in [7, 11) is 0. The van der Waals surface area contributed by atoms with Crippen LogP contribution in [0.1, 0.15) is 34.5 Å². The van der Waals surface area contributed by atoms with E-state index in [-0.39, 0.29) is 5.78 Å². The Labute approximate surface area is 104 Å². The SMILES string of the molecule is CCn1ncc(Cl)c1C(=O)c1cc(C)oc1C. The summed E-state index contributed by atoms with van der Waals surface area (Å²) < 4.78 is 6.94. The summed E-state index contributed by atoms with van der Waals surface area (Å²) in [4.78, 5) is 12.3. The van der Waals surface area contributed by atoms with E-state index in [9.17, 15) is 4.79 Å². The van der Waals surface area contributed by atoms with Crippen molar-refractivity contribution in [1.29, 1.82) is 0 Å². The Morgan fingerprint density at radius 3 is 2.76 bits per heavy atom. The highest BCUT2D eigenvalue weighted by atomic mass is 35.5. The topological polar surface area (TPSA) is 48.0 Å². The van der Waals surface area contributed by atoms with E-state index in [0.29, 0.717) is 34.3 Å². The average Bonchev–Trinajstić information content (AvgIpc) is 2.80. The van der Waals surface area contributed by atoms with Crippen molar-refractivity contribution in [3.8, 4) is 0 Å². The van der Waals surface area contributed by atoms with Crippen LogP contribution in [0.15, 0.2) is 16.7 Å². The maximum absolute atomic E-state index is 12.3. The molecule has 2 heterocycles. The summed E-state index contributed by atoms with van der Waals surface area (Å²) in [6, 6.07) is 1.72. The summed E-state index contributed by atoms with van der Waals surface area (Å²) in [6.07, 6.45) is 1.49. The number of nitrogens with zero attached hydrogens (tertiary/aromatic N) is 2. The lowest BCUT2D eigenvalue weighted by molar-refractivity contribution is 0.102. The number of carbonyl (C=O) groups excluding carboxylic acids is 1. The molecule has 0 aromatic carbocycles. The third-order valence-electron chi connectivity index (χ3n) is 2.60. The summed E-state index contributed by atoms with van der Waals surface area (Å²) >= 11 is 5.99. The number of furan rings is 1. The molecule has 2 aromatic rings. The molecule has 0 unspecified atom stereocenters. The van der Waals surface area contributed by atoms with Crippen molar-refractivity contribution in [2.24, 2.45) is 0 Å². The van der Waals surface area contributed by atoms with Gasteiger partial charge in [-0.2, -0.15) is 5.10 Å². The molecule has 0 fully saturated rings. The number of carbonyl (C=O) groups is 1. The second-order valence-electron chi connectivity index (χ2n) is 3.81. The van der Waals surface area contributed by atoms with Crippen molar-refractivity contribution in [2.45, 2.75) is 27.3 Å². The van der Waals surface area contributed by atoms with Crippen LogP contribution in [0.5, 0.6) is 0 Å². The van der Waals surface area contributed by atoms with E-state index < -0.39 is 0 Å². The normalized spacial score (nSPS) is 10.8. The third-order valence-corrected chi connectivity index (χ3v) is 2.87.